The average molecular weight is 375 g/mol. The molecule has 0 atom stereocenters. The van der Waals surface area contributed by atoms with Gasteiger partial charge in [-0.2, -0.15) is 5.10 Å². The van der Waals surface area contributed by atoms with Crippen LogP contribution in [0.15, 0.2) is 33.7 Å². The normalized spacial score (nSPS) is 11.0. The van der Waals surface area contributed by atoms with Gasteiger partial charge in [-0.25, -0.2) is 9.07 Å². The summed E-state index contributed by atoms with van der Waals surface area (Å²) in [5.74, 6) is -0.325. The molecule has 2 rings (SSSR count). The fourth-order valence-corrected chi connectivity index (χ4v) is 2.39. The standard InChI is InChI=1S/C14H14BrClFN3O/c1-8(2)20-14(21)13(16)12(7-19-20)18-6-9-5-10(17)3-4-11(9)15/h3-5,7-8,18H,6H2,1-2H3. The van der Waals surface area contributed by atoms with Crippen molar-refractivity contribution >= 4 is 33.2 Å². The lowest BCUT2D eigenvalue weighted by molar-refractivity contribution is 0.503. The summed E-state index contributed by atoms with van der Waals surface area (Å²) in [4.78, 5) is 12.0. The molecule has 2 aromatic rings. The Bertz CT molecular complexity index is 718. The van der Waals surface area contributed by atoms with Crippen molar-refractivity contribution in [2.45, 2.75) is 26.4 Å². The van der Waals surface area contributed by atoms with Crippen molar-refractivity contribution in [3.8, 4) is 0 Å². The summed E-state index contributed by atoms with van der Waals surface area (Å²) in [5.41, 5.74) is 0.795. The Kier molecular flexibility index (Phi) is 5.00. The summed E-state index contributed by atoms with van der Waals surface area (Å²) in [7, 11) is 0. The summed E-state index contributed by atoms with van der Waals surface area (Å²) in [5, 5.41) is 7.14. The van der Waals surface area contributed by atoms with E-state index in [2.05, 4.69) is 26.3 Å². The number of nitrogens with one attached hydrogen (secondary N) is 1. The summed E-state index contributed by atoms with van der Waals surface area (Å²) >= 11 is 9.40. The number of halogens is 3. The highest BCUT2D eigenvalue weighted by atomic mass is 79.9. The van der Waals surface area contributed by atoms with Crippen LogP contribution in [0.25, 0.3) is 0 Å². The van der Waals surface area contributed by atoms with Crippen LogP contribution in [-0.2, 0) is 6.54 Å². The maximum atomic E-state index is 13.2. The molecule has 0 fully saturated rings. The highest BCUT2D eigenvalue weighted by molar-refractivity contribution is 9.10. The van der Waals surface area contributed by atoms with E-state index in [1.54, 1.807) is 6.07 Å². The first-order valence-electron chi connectivity index (χ1n) is 6.35. The Morgan fingerprint density at radius 2 is 2.19 bits per heavy atom. The predicted octanol–water partition coefficient (Wildman–Crippen LogP) is 3.99. The van der Waals surface area contributed by atoms with Crippen molar-refractivity contribution in [1.29, 1.82) is 0 Å². The van der Waals surface area contributed by atoms with Crippen molar-refractivity contribution < 1.29 is 4.39 Å². The molecule has 0 radical (unpaired) electrons. The molecule has 1 aromatic heterocycles. The number of nitrogens with zero attached hydrogens (tertiary/aromatic N) is 2. The number of benzene rings is 1. The minimum atomic E-state index is -0.352. The van der Waals surface area contributed by atoms with E-state index in [1.165, 1.54) is 23.0 Å². The highest BCUT2D eigenvalue weighted by Crippen LogP contribution is 2.21. The summed E-state index contributed by atoms with van der Waals surface area (Å²) < 4.78 is 15.3. The number of hydrogen-bond acceptors (Lipinski definition) is 3. The van der Waals surface area contributed by atoms with E-state index in [0.717, 1.165) is 10.0 Å². The van der Waals surface area contributed by atoms with Crippen LogP contribution in [0.1, 0.15) is 25.5 Å². The molecule has 112 valence electrons. The van der Waals surface area contributed by atoms with Gasteiger partial charge >= 0.3 is 0 Å². The van der Waals surface area contributed by atoms with Crippen LogP contribution < -0.4 is 10.9 Å². The van der Waals surface area contributed by atoms with Gasteiger partial charge in [0.25, 0.3) is 5.56 Å². The molecule has 0 aliphatic heterocycles. The molecule has 7 heteroatoms. The first-order chi connectivity index (χ1) is 9.90. The van der Waals surface area contributed by atoms with Gasteiger partial charge in [0.1, 0.15) is 10.8 Å². The molecule has 1 heterocycles. The third-order valence-corrected chi connectivity index (χ3v) is 4.05. The van der Waals surface area contributed by atoms with Gasteiger partial charge < -0.3 is 5.32 Å². The maximum absolute atomic E-state index is 13.2. The van der Waals surface area contributed by atoms with Gasteiger partial charge in [-0.15, -0.1) is 0 Å². The Balaban J connectivity index is 2.23. The van der Waals surface area contributed by atoms with E-state index in [4.69, 9.17) is 11.6 Å². The molecule has 1 N–H and O–H groups in total. The Hall–Kier alpha value is -1.40. The molecule has 0 saturated heterocycles. The molecule has 0 spiro atoms. The van der Waals surface area contributed by atoms with E-state index in [9.17, 15) is 9.18 Å². The lowest BCUT2D eigenvalue weighted by Gasteiger charge is -2.13. The van der Waals surface area contributed by atoms with E-state index in [1.807, 2.05) is 13.8 Å². The van der Waals surface area contributed by atoms with Gasteiger partial charge in [0.05, 0.1) is 17.9 Å². The SMILES string of the molecule is CC(C)n1ncc(NCc2cc(F)ccc2Br)c(Cl)c1=O. The molecular formula is C14H14BrClFN3O. The Morgan fingerprint density at radius 3 is 2.86 bits per heavy atom. The summed E-state index contributed by atoms with van der Waals surface area (Å²) in [6, 6.07) is 4.34. The highest BCUT2D eigenvalue weighted by Gasteiger charge is 2.11. The Labute approximate surface area is 135 Å². The topological polar surface area (TPSA) is 46.9 Å². The fraction of sp³-hybridized carbons (Fsp3) is 0.286. The van der Waals surface area contributed by atoms with Crippen LogP contribution in [0.2, 0.25) is 5.02 Å². The fourth-order valence-electron chi connectivity index (χ4n) is 1.81. The smallest absolute Gasteiger partial charge is 0.287 e. The lowest BCUT2D eigenvalue weighted by atomic mass is 10.2. The average Bonchev–Trinajstić information content (AvgIpc) is 2.43. The van der Waals surface area contributed by atoms with Crippen molar-refractivity contribution in [3.63, 3.8) is 0 Å². The van der Waals surface area contributed by atoms with Gasteiger partial charge in [-0.3, -0.25) is 4.79 Å². The number of aromatic nitrogens is 2. The molecule has 0 saturated carbocycles. The molecule has 0 amide bonds. The zero-order chi connectivity index (χ0) is 15.6. The largest absolute Gasteiger partial charge is 0.378 e. The van der Waals surface area contributed by atoms with Crippen LogP contribution in [0.5, 0.6) is 0 Å². The molecule has 0 bridgehead atoms. The third-order valence-electron chi connectivity index (χ3n) is 2.91. The molecular weight excluding hydrogens is 361 g/mol. The summed E-state index contributed by atoms with van der Waals surface area (Å²) in [6.45, 7) is 4.02. The second kappa shape index (κ2) is 6.58. The molecule has 0 unspecified atom stereocenters. The van der Waals surface area contributed by atoms with Crippen LogP contribution in [0, 0.1) is 5.82 Å². The van der Waals surface area contributed by atoms with Crippen molar-refractivity contribution in [2.24, 2.45) is 0 Å². The first-order valence-corrected chi connectivity index (χ1v) is 7.52. The second-order valence-electron chi connectivity index (χ2n) is 4.80. The molecule has 0 aliphatic rings. The maximum Gasteiger partial charge on any atom is 0.287 e. The van der Waals surface area contributed by atoms with Gasteiger partial charge in [0.2, 0.25) is 0 Å². The Morgan fingerprint density at radius 1 is 1.48 bits per heavy atom. The zero-order valence-corrected chi connectivity index (χ0v) is 13.9. The molecule has 21 heavy (non-hydrogen) atoms. The minimum absolute atomic E-state index is 0.0681. The second-order valence-corrected chi connectivity index (χ2v) is 6.04. The third kappa shape index (κ3) is 3.63. The van der Waals surface area contributed by atoms with E-state index in [-0.39, 0.29) is 22.4 Å². The zero-order valence-electron chi connectivity index (χ0n) is 11.5. The van der Waals surface area contributed by atoms with Gasteiger partial charge in [0.15, 0.2) is 0 Å². The predicted molar refractivity (Wildman–Crippen MR) is 85.3 cm³/mol. The van der Waals surface area contributed by atoms with Crippen LogP contribution in [-0.4, -0.2) is 9.78 Å². The molecule has 1 aromatic carbocycles. The van der Waals surface area contributed by atoms with Crippen LogP contribution in [0.4, 0.5) is 10.1 Å². The van der Waals surface area contributed by atoms with E-state index >= 15 is 0 Å². The summed E-state index contributed by atoms with van der Waals surface area (Å²) in [6.07, 6.45) is 1.50. The number of anilines is 1. The first kappa shape index (κ1) is 16.0. The van der Waals surface area contributed by atoms with Crippen LogP contribution in [0.3, 0.4) is 0 Å². The van der Waals surface area contributed by atoms with Gasteiger partial charge in [-0.05, 0) is 37.6 Å². The van der Waals surface area contributed by atoms with Crippen molar-refractivity contribution in [2.75, 3.05) is 5.32 Å². The van der Waals surface area contributed by atoms with Crippen molar-refractivity contribution in [1.82, 2.24) is 9.78 Å². The van der Waals surface area contributed by atoms with Crippen LogP contribution >= 0.6 is 27.5 Å². The van der Waals surface area contributed by atoms with E-state index < -0.39 is 0 Å². The van der Waals surface area contributed by atoms with Crippen molar-refractivity contribution in [3.05, 3.63) is 55.6 Å². The minimum Gasteiger partial charge on any atom is -0.378 e. The quantitative estimate of drug-likeness (QED) is 0.880. The lowest BCUT2D eigenvalue weighted by Crippen LogP contribution is -2.25. The number of rotatable bonds is 4. The molecule has 0 aliphatic carbocycles. The number of hydrogen-bond donors (Lipinski definition) is 1. The van der Waals surface area contributed by atoms with E-state index in [0.29, 0.717) is 12.2 Å². The van der Waals surface area contributed by atoms with Gasteiger partial charge in [0, 0.05) is 11.0 Å². The van der Waals surface area contributed by atoms with Gasteiger partial charge in [-0.1, -0.05) is 27.5 Å². The monoisotopic (exact) mass is 373 g/mol. The molecule has 4 nitrogen and oxygen atoms in total.